The van der Waals surface area contributed by atoms with Gasteiger partial charge in [0.15, 0.2) is 11.6 Å². The molecular formula is C25H22FN5OS. The molecule has 3 N–H and O–H groups in total. The predicted octanol–water partition coefficient (Wildman–Crippen LogP) is 5.66. The molecule has 0 fully saturated rings. The number of rotatable bonds is 8. The van der Waals surface area contributed by atoms with Gasteiger partial charge in [-0.3, -0.25) is 4.98 Å². The lowest BCUT2D eigenvalue weighted by atomic mass is 10.1. The average Bonchev–Trinajstić information content (AvgIpc) is 3.49. The third-order valence-electron chi connectivity index (χ3n) is 5.36. The molecule has 0 radical (unpaired) electrons. The quantitative estimate of drug-likeness (QED) is 0.291. The second-order valence-electron chi connectivity index (χ2n) is 7.62. The van der Waals surface area contributed by atoms with E-state index in [0.29, 0.717) is 35.0 Å². The van der Waals surface area contributed by atoms with E-state index >= 15 is 0 Å². The second kappa shape index (κ2) is 9.48. The number of thiophene rings is 1. The first-order valence-corrected chi connectivity index (χ1v) is 11.6. The standard InChI is InChI=1S/C25H22FN5OS/c26-20-13-28-10-8-18(20)24-30-22-19(21-11-17(12-27)14-32-21)15-33-23(22)25(31-24)29-9-4-7-16-5-2-1-3-6-16/h1-3,5-6,8,10-11,13-15H,4,7,9,12,27H2,(H,29,30,31). The third-order valence-corrected chi connectivity index (χ3v) is 6.34. The van der Waals surface area contributed by atoms with Crippen molar-refractivity contribution < 1.29 is 8.81 Å². The van der Waals surface area contributed by atoms with Crippen molar-refractivity contribution in [1.29, 1.82) is 0 Å². The van der Waals surface area contributed by atoms with Crippen LogP contribution in [0.15, 0.2) is 70.9 Å². The molecule has 0 spiro atoms. The summed E-state index contributed by atoms with van der Waals surface area (Å²) in [5.41, 5.74) is 9.78. The van der Waals surface area contributed by atoms with Crippen LogP contribution in [-0.2, 0) is 13.0 Å². The summed E-state index contributed by atoms with van der Waals surface area (Å²) < 4.78 is 21.1. The number of pyridine rings is 1. The molecule has 0 aliphatic heterocycles. The van der Waals surface area contributed by atoms with Gasteiger partial charge in [0.2, 0.25) is 0 Å². The van der Waals surface area contributed by atoms with Gasteiger partial charge in [-0.25, -0.2) is 14.4 Å². The van der Waals surface area contributed by atoms with Crippen molar-refractivity contribution in [3.63, 3.8) is 0 Å². The van der Waals surface area contributed by atoms with Crippen molar-refractivity contribution in [2.24, 2.45) is 5.73 Å². The summed E-state index contributed by atoms with van der Waals surface area (Å²) in [6.45, 7) is 1.12. The molecule has 4 heterocycles. The number of halogens is 1. The number of hydrogen-bond acceptors (Lipinski definition) is 7. The van der Waals surface area contributed by atoms with Crippen molar-refractivity contribution in [3.05, 3.63) is 83.4 Å². The van der Waals surface area contributed by atoms with Gasteiger partial charge in [-0.2, -0.15) is 0 Å². The van der Waals surface area contributed by atoms with E-state index in [1.165, 1.54) is 29.3 Å². The van der Waals surface area contributed by atoms with Crippen LogP contribution in [0.3, 0.4) is 0 Å². The zero-order valence-electron chi connectivity index (χ0n) is 17.8. The Morgan fingerprint density at radius 2 is 1.94 bits per heavy atom. The Kier molecular flexibility index (Phi) is 6.10. The van der Waals surface area contributed by atoms with Crippen LogP contribution in [0.4, 0.5) is 10.2 Å². The van der Waals surface area contributed by atoms with E-state index in [9.17, 15) is 4.39 Å². The Labute approximate surface area is 194 Å². The number of fused-ring (bicyclic) bond motifs is 1. The Morgan fingerprint density at radius 1 is 1.06 bits per heavy atom. The van der Waals surface area contributed by atoms with Gasteiger partial charge in [-0.1, -0.05) is 30.3 Å². The molecule has 0 bridgehead atoms. The van der Waals surface area contributed by atoms with E-state index < -0.39 is 5.82 Å². The molecule has 5 aromatic rings. The molecule has 0 amide bonds. The predicted molar refractivity (Wildman–Crippen MR) is 129 cm³/mol. The number of anilines is 1. The number of aromatic nitrogens is 3. The molecule has 0 aliphatic carbocycles. The number of nitrogens with one attached hydrogen (secondary N) is 1. The molecule has 33 heavy (non-hydrogen) atoms. The maximum absolute atomic E-state index is 14.5. The fraction of sp³-hybridized carbons (Fsp3) is 0.160. The number of hydrogen-bond donors (Lipinski definition) is 2. The van der Waals surface area contributed by atoms with Crippen LogP contribution in [-0.4, -0.2) is 21.5 Å². The van der Waals surface area contributed by atoms with Gasteiger partial charge in [0.05, 0.1) is 33.8 Å². The topological polar surface area (TPSA) is 89.9 Å². The van der Waals surface area contributed by atoms with E-state index in [1.54, 1.807) is 12.3 Å². The maximum atomic E-state index is 14.5. The average molecular weight is 460 g/mol. The summed E-state index contributed by atoms with van der Waals surface area (Å²) in [5.74, 6) is 1.20. The minimum absolute atomic E-state index is 0.304. The van der Waals surface area contributed by atoms with Crippen LogP contribution >= 0.6 is 11.3 Å². The Hall–Kier alpha value is -3.62. The number of nitrogens with two attached hydrogens (primary N) is 1. The molecule has 0 saturated heterocycles. The van der Waals surface area contributed by atoms with Gasteiger partial charge < -0.3 is 15.5 Å². The van der Waals surface area contributed by atoms with Gasteiger partial charge in [0.25, 0.3) is 0 Å². The Balaban J connectivity index is 1.50. The highest BCUT2D eigenvalue weighted by molar-refractivity contribution is 7.18. The minimum atomic E-state index is -0.466. The van der Waals surface area contributed by atoms with Crippen molar-refractivity contribution >= 4 is 27.4 Å². The van der Waals surface area contributed by atoms with Gasteiger partial charge >= 0.3 is 0 Å². The molecular weight excluding hydrogens is 437 g/mol. The van der Waals surface area contributed by atoms with Gasteiger partial charge in [-0.05, 0) is 30.5 Å². The summed E-state index contributed by atoms with van der Waals surface area (Å²) in [4.78, 5) is 13.2. The molecule has 0 aliphatic rings. The second-order valence-corrected chi connectivity index (χ2v) is 8.50. The normalized spacial score (nSPS) is 11.2. The summed E-state index contributed by atoms with van der Waals surface area (Å²) >= 11 is 1.53. The van der Waals surface area contributed by atoms with E-state index in [-0.39, 0.29) is 0 Å². The molecule has 6 nitrogen and oxygen atoms in total. The lowest BCUT2D eigenvalue weighted by Gasteiger charge is -2.10. The van der Waals surface area contributed by atoms with Gasteiger partial charge in [-0.15, -0.1) is 11.3 Å². The zero-order chi connectivity index (χ0) is 22.6. The monoisotopic (exact) mass is 459 g/mol. The zero-order valence-corrected chi connectivity index (χ0v) is 18.6. The van der Waals surface area contributed by atoms with E-state index in [0.717, 1.165) is 35.2 Å². The summed E-state index contributed by atoms with van der Waals surface area (Å²) in [6, 6.07) is 13.8. The van der Waals surface area contributed by atoms with Crippen LogP contribution in [0.25, 0.3) is 32.9 Å². The SMILES string of the molecule is NCc1coc(-c2csc3c(NCCCc4ccccc4)nc(-c4ccncc4F)nc23)c1. The first-order valence-electron chi connectivity index (χ1n) is 10.7. The van der Waals surface area contributed by atoms with Crippen LogP contribution in [0.5, 0.6) is 0 Å². The number of aryl methyl sites for hydroxylation is 1. The highest BCUT2D eigenvalue weighted by Crippen LogP contribution is 2.38. The van der Waals surface area contributed by atoms with E-state index in [1.807, 2.05) is 29.6 Å². The largest absolute Gasteiger partial charge is 0.464 e. The molecule has 4 aromatic heterocycles. The minimum Gasteiger partial charge on any atom is -0.464 e. The van der Waals surface area contributed by atoms with Crippen LogP contribution in [0, 0.1) is 5.82 Å². The Bertz CT molecular complexity index is 1380. The smallest absolute Gasteiger partial charge is 0.165 e. The van der Waals surface area contributed by atoms with E-state index in [2.05, 4.69) is 27.4 Å². The summed E-state index contributed by atoms with van der Waals surface area (Å²) in [5, 5.41) is 5.43. The van der Waals surface area contributed by atoms with Crippen molar-refractivity contribution in [3.8, 4) is 22.7 Å². The fourth-order valence-electron chi connectivity index (χ4n) is 3.66. The lowest BCUT2D eigenvalue weighted by Crippen LogP contribution is -2.06. The molecule has 0 saturated carbocycles. The molecule has 5 rings (SSSR count). The van der Waals surface area contributed by atoms with Crippen molar-refractivity contribution in [2.75, 3.05) is 11.9 Å². The van der Waals surface area contributed by atoms with E-state index in [4.69, 9.17) is 15.1 Å². The molecule has 8 heteroatoms. The Morgan fingerprint density at radius 3 is 2.73 bits per heavy atom. The number of benzene rings is 1. The van der Waals surface area contributed by atoms with Crippen molar-refractivity contribution in [2.45, 2.75) is 19.4 Å². The molecule has 0 atom stereocenters. The van der Waals surface area contributed by atoms with Crippen molar-refractivity contribution in [1.82, 2.24) is 15.0 Å². The number of furan rings is 1. The first kappa shape index (κ1) is 21.2. The molecule has 166 valence electrons. The lowest BCUT2D eigenvalue weighted by molar-refractivity contribution is 0.579. The van der Waals surface area contributed by atoms with Crippen LogP contribution in [0.2, 0.25) is 0 Å². The maximum Gasteiger partial charge on any atom is 0.165 e. The van der Waals surface area contributed by atoms with Crippen LogP contribution in [0.1, 0.15) is 17.5 Å². The molecule has 0 unspecified atom stereocenters. The fourth-order valence-corrected chi connectivity index (χ4v) is 4.62. The van der Waals surface area contributed by atoms with Gasteiger partial charge in [0.1, 0.15) is 11.6 Å². The summed E-state index contributed by atoms with van der Waals surface area (Å²) in [6.07, 6.45) is 6.24. The third kappa shape index (κ3) is 4.48. The highest BCUT2D eigenvalue weighted by atomic mass is 32.1. The first-order chi connectivity index (χ1) is 16.2. The summed E-state index contributed by atoms with van der Waals surface area (Å²) in [7, 11) is 0. The number of nitrogens with zero attached hydrogens (tertiary/aromatic N) is 3. The highest BCUT2D eigenvalue weighted by Gasteiger charge is 2.19. The molecule has 1 aromatic carbocycles. The van der Waals surface area contributed by atoms with Crippen LogP contribution < -0.4 is 11.1 Å². The van der Waals surface area contributed by atoms with Gasteiger partial charge in [0, 0.05) is 30.2 Å².